The highest BCUT2D eigenvalue weighted by Gasteiger charge is 2.54. The van der Waals surface area contributed by atoms with Crippen LogP contribution in [0.1, 0.15) is 37.3 Å². The van der Waals surface area contributed by atoms with Gasteiger partial charge in [0.15, 0.2) is 0 Å². The van der Waals surface area contributed by atoms with Gasteiger partial charge in [0.2, 0.25) is 0 Å². The number of rotatable bonds is 3. The maximum absolute atomic E-state index is 5.69. The monoisotopic (exact) mass is 218 g/mol. The first-order valence-electron chi connectivity index (χ1n) is 6.13. The summed E-state index contributed by atoms with van der Waals surface area (Å²) in [5.74, 6) is 8.17. The van der Waals surface area contributed by atoms with Gasteiger partial charge in [-0.15, -0.1) is 0 Å². The molecule has 3 unspecified atom stereocenters. The summed E-state index contributed by atoms with van der Waals surface area (Å²) in [5.41, 5.74) is 4.09. The van der Waals surface area contributed by atoms with Crippen molar-refractivity contribution in [1.82, 2.24) is 15.4 Å². The van der Waals surface area contributed by atoms with Crippen LogP contribution >= 0.6 is 0 Å². The van der Waals surface area contributed by atoms with Crippen LogP contribution in [0.2, 0.25) is 0 Å². The first-order chi connectivity index (χ1) is 7.92. The van der Waals surface area contributed by atoms with Gasteiger partial charge in [0.05, 0.1) is 6.04 Å². The lowest BCUT2D eigenvalue weighted by molar-refractivity contribution is 0.454. The summed E-state index contributed by atoms with van der Waals surface area (Å²) in [7, 11) is 0. The standard InChI is InChI=1S/C12H18N4/c13-16-12(8-5-14-7-15-6-8)11-9-3-1-2-4-10(9)11/h5-7,9-12,16H,1-4,13H2. The van der Waals surface area contributed by atoms with E-state index in [1.54, 1.807) is 6.33 Å². The van der Waals surface area contributed by atoms with E-state index < -0.39 is 0 Å². The zero-order valence-corrected chi connectivity index (χ0v) is 9.34. The van der Waals surface area contributed by atoms with Crippen LogP contribution in [0.25, 0.3) is 0 Å². The van der Waals surface area contributed by atoms with Gasteiger partial charge in [-0.25, -0.2) is 9.97 Å². The second-order valence-electron chi connectivity index (χ2n) is 5.01. The summed E-state index contributed by atoms with van der Waals surface area (Å²) in [4.78, 5) is 8.15. The molecule has 1 aromatic rings. The normalized spacial score (nSPS) is 34.2. The lowest BCUT2D eigenvalue weighted by atomic mass is 10.0. The topological polar surface area (TPSA) is 63.8 Å². The van der Waals surface area contributed by atoms with E-state index in [1.165, 1.54) is 25.7 Å². The molecule has 1 aromatic heterocycles. The molecule has 1 heterocycles. The van der Waals surface area contributed by atoms with Crippen LogP contribution < -0.4 is 11.3 Å². The van der Waals surface area contributed by atoms with Crippen molar-refractivity contribution >= 4 is 0 Å². The van der Waals surface area contributed by atoms with E-state index in [4.69, 9.17) is 5.84 Å². The Morgan fingerprint density at radius 2 is 1.81 bits per heavy atom. The van der Waals surface area contributed by atoms with E-state index in [2.05, 4.69) is 15.4 Å². The third-order valence-electron chi connectivity index (χ3n) is 4.23. The van der Waals surface area contributed by atoms with E-state index in [-0.39, 0.29) is 6.04 Å². The minimum Gasteiger partial charge on any atom is -0.271 e. The van der Waals surface area contributed by atoms with Crippen LogP contribution in [0.5, 0.6) is 0 Å². The average Bonchev–Trinajstić information content (AvgIpc) is 3.07. The molecule has 0 bridgehead atoms. The zero-order valence-electron chi connectivity index (χ0n) is 9.34. The highest BCUT2D eigenvalue weighted by atomic mass is 15.2. The molecule has 0 amide bonds. The number of hydrogen-bond donors (Lipinski definition) is 2. The number of nitrogens with two attached hydrogens (primary N) is 1. The summed E-state index contributed by atoms with van der Waals surface area (Å²) < 4.78 is 0. The molecule has 2 aliphatic carbocycles. The molecule has 4 heteroatoms. The van der Waals surface area contributed by atoms with E-state index >= 15 is 0 Å². The molecule has 0 radical (unpaired) electrons. The fraction of sp³-hybridized carbons (Fsp3) is 0.667. The van der Waals surface area contributed by atoms with E-state index in [1.807, 2.05) is 12.4 Å². The Bertz CT molecular complexity index is 341. The fourth-order valence-electron chi connectivity index (χ4n) is 3.44. The second kappa shape index (κ2) is 4.11. The van der Waals surface area contributed by atoms with Crippen LogP contribution in [0, 0.1) is 17.8 Å². The first-order valence-corrected chi connectivity index (χ1v) is 6.13. The molecule has 2 fully saturated rings. The number of fused-ring (bicyclic) bond motifs is 1. The van der Waals surface area contributed by atoms with E-state index in [0.717, 1.165) is 17.4 Å². The minimum atomic E-state index is 0.245. The highest BCUT2D eigenvalue weighted by Crippen LogP contribution is 2.60. The van der Waals surface area contributed by atoms with Gasteiger partial charge >= 0.3 is 0 Å². The van der Waals surface area contributed by atoms with Gasteiger partial charge in [-0.2, -0.15) is 0 Å². The molecule has 16 heavy (non-hydrogen) atoms. The molecule has 2 aliphatic rings. The number of hydrogen-bond acceptors (Lipinski definition) is 4. The Morgan fingerprint density at radius 1 is 1.19 bits per heavy atom. The largest absolute Gasteiger partial charge is 0.271 e. The molecule has 3 rings (SSSR count). The quantitative estimate of drug-likeness (QED) is 0.595. The van der Waals surface area contributed by atoms with Gasteiger partial charge in [0, 0.05) is 18.0 Å². The summed E-state index contributed by atoms with van der Waals surface area (Å²) in [6, 6.07) is 0.245. The molecule has 0 aromatic carbocycles. The molecule has 4 nitrogen and oxygen atoms in total. The molecule has 86 valence electrons. The average molecular weight is 218 g/mol. The van der Waals surface area contributed by atoms with Crippen molar-refractivity contribution in [3.05, 3.63) is 24.3 Å². The SMILES string of the molecule is NNC(c1cncnc1)C1C2CCCCC21. The van der Waals surface area contributed by atoms with Crippen LogP contribution in [-0.4, -0.2) is 9.97 Å². The van der Waals surface area contributed by atoms with Crippen molar-refractivity contribution in [1.29, 1.82) is 0 Å². The zero-order chi connectivity index (χ0) is 11.0. The van der Waals surface area contributed by atoms with Crippen molar-refractivity contribution in [3.63, 3.8) is 0 Å². The molecule has 0 saturated heterocycles. The molecule has 0 aliphatic heterocycles. The molecule has 3 N–H and O–H groups in total. The van der Waals surface area contributed by atoms with Gasteiger partial charge in [-0.1, -0.05) is 12.8 Å². The van der Waals surface area contributed by atoms with Gasteiger partial charge in [-0.3, -0.25) is 11.3 Å². The van der Waals surface area contributed by atoms with Crippen LogP contribution in [-0.2, 0) is 0 Å². The summed E-state index contributed by atoms with van der Waals surface area (Å²) >= 11 is 0. The summed E-state index contributed by atoms with van der Waals surface area (Å²) in [6.45, 7) is 0. The minimum absolute atomic E-state index is 0.245. The van der Waals surface area contributed by atoms with E-state index in [0.29, 0.717) is 5.92 Å². The molecule has 2 saturated carbocycles. The third kappa shape index (κ3) is 1.62. The van der Waals surface area contributed by atoms with Crippen LogP contribution in [0.4, 0.5) is 0 Å². The molecule has 3 atom stereocenters. The van der Waals surface area contributed by atoms with Gasteiger partial charge in [0.1, 0.15) is 6.33 Å². The summed E-state index contributed by atoms with van der Waals surface area (Å²) in [5, 5.41) is 0. The Balaban J connectivity index is 1.77. The first kappa shape index (κ1) is 10.2. The predicted molar refractivity (Wildman–Crippen MR) is 61.0 cm³/mol. The fourth-order valence-corrected chi connectivity index (χ4v) is 3.44. The maximum atomic E-state index is 5.69. The maximum Gasteiger partial charge on any atom is 0.115 e. The van der Waals surface area contributed by atoms with E-state index in [9.17, 15) is 0 Å². The van der Waals surface area contributed by atoms with Crippen molar-refractivity contribution in [2.24, 2.45) is 23.6 Å². The summed E-state index contributed by atoms with van der Waals surface area (Å²) in [6.07, 6.45) is 10.9. The highest BCUT2D eigenvalue weighted by molar-refractivity contribution is 5.17. The van der Waals surface area contributed by atoms with Crippen molar-refractivity contribution in [2.75, 3.05) is 0 Å². The number of nitrogens with one attached hydrogen (secondary N) is 1. The Kier molecular flexibility index (Phi) is 2.61. The Morgan fingerprint density at radius 3 is 2.38 bits per heavy atom. The van der Waals surface area contributed by atoms with Gasteiger partial charge in [0.25, 0.3) is 0 Å². The van der Waals surface area contributed by atoms with Crippen LogP contribution in [0.15, 0.2) is 18.7 Å². The lowest BCUT2D eigenvalue weighted by Gasteiger charge is -2.15. The molecular formula is C12H18N4. The van der Waals surface area contributed by atoms with Gasteiger partial charge in [-0.05, 0) is 30.6 Å². The van der Waals surface area contributed by atoms with Crippen molar-refractivity contribution in [3.8, 4) is 0 Å². The third-order valence-corrected chi connectivity index (χ3v) is 4.23. The Labute approximate surface area is 95.6 Å². The Hall–Kier alpha value is -1.00. The number of hydrazine groups is 1. The number of aromatic nitrogens is 2. The molecule has 0 spiro atoms. The molecular weight excluding hydrogens is 200 g/mol. The van der Waals surface area contributed by atoms with Crippen LogP contribution in [0.3, 0.4) is 0 Å². The smallest absolute Gasteiger partial charge is 0.115 e. The van der Waals surface area contributed by atoms with Crippen molar-refractivity contribution in [2.45, 2.75) is 31.7 Å². The number of nitrogens with zero attached hydrogens (tertiary/aromatic N) is 2. The van der Waals surface area contributed by atoms with Crippen molar-refractivity contribution < 1.29 is 0 Å². The lowest BCUT2D eigenvalue weighted by Crippen LogP contribution is -2.30. The second-order valence-corrected chi connectivity index (χ2v) is 5.01. The van der Waals surface area contributed by atoms with Gasteiger partial charge < -0.3 is 0 Å². The predicted octanol–water partition coefficient (Wildman–Crippen LogP) is 1.42.